The average molecular weight is 480 g/mol. The first kappa shape index (κ1) is 22.1. The molecule has 0 unspecified atom stereocenters. The summed E-state index contributed by atoms with van der Waals surface area (Å²) in [6.07, 6.45) is 0. The predicted molar refractivity (Wildman–Crippen MR) is 134 cm³/mol. The first-order valence-electron chi connectivity index (χ1n) is 9.79. The van der Waals surface area contributed by atoms with Crippen LogP contribution in [-0.4, -0.2) is 11.9 Å². The van der Waals surface area contributed by atoms with Crippen LogP contribution in [-0.2, 0) is 6.54 Å². The van der Waals surface area contributed by atoms with E-state index in [2.05, 4.69) is 22.4 Å². The topological polar surface area (TPSA) is 67.5 Å². The highest BCUT2D eigenvalue weighted by Crippen LogP contribution is 2.34. The molecular formula is C25H19Cl2N3OS. The lowest BCUT2D eigenvalue weighted by molar-refractivity contribution is 0.0980. The quantitative estimate of drug-likeness (QED) is 0.249. The van der Waals surface area contributed by atoms with Crippen molar-refractivity contribution in [1.29, 1.82) is 0 Å². The smallest absolute Gasteiger partial charge is 0.268 e. The molecular weight excluding hydrogens is 461 g/mol. The molecule has 1 amide bonds. The number of guanidine groups is 1. The second-order valence-corrected chi connectivity index (χ2v) is 8.85. The summed E-state index contributed by atoms with van der Waals surface area (Å²) in [4.78, 5) is 17.1. The fourth-order valence-electron chi connectivity index (χ4n) is 3.24. The van der Waals surface area contributed by atoms with Gasteiger partial charge in [0.1, 0.15) is 0 Å². The number of hydrogen-bond donors (Lipinski definition) is 2. The summed E-state index contributed by atoms with van der Waals surface area (Å²) in [6.45, 7) is 0.331. The zero-order chi connectivity index (χ0) is 22.5. The Morgan fingerprint density at radius 3 is 2.09 bits per heavy atom. The molecule has 4 nitrogen and oxygen atoms in total. The molecule has 1 heterocycles. The van der Waals surface area contributed by atoms with Crippen molar-refractivity contribution in [3.63, 3.8) is 0 Å². The number of hydrogen-bond acceptors (Lipinski definition) is 3. The number of benzene rings is 3. The van der Waals surface area contributed by atoms with Crippen LogP contribution in [0.3, 0.4) is 0 Å². The Hall–Kier alpha value is -3.12. The van der Waals surface area contributed by atoms with Gasteiger partial charge in [-0.15, -0.1) is 11.3 Å². The Balaban J connectivity index is 1.62. The summed E-state index contributed by atoms with van der Waals surface area (Å²) in [5.74, 6) is -0.181. The average Bonchev–Trinajstić information content (AvgIpc) is 3.34. The molecule has 0 aliphatic heterocycles. The van der Waals surface area contributed by atoms with Gasteiger partial charge in [0.25, 0.3) is 5.91 Å². The van der Waals surface area contributed by atoms with Crippen LogP contribution >= 0.6 is 34.5 Å². The van der Waals surface area contributed by atoms with Crippen molar-refractivity contribution in [2.45, 2.75) is 6.54 Å². The molecule has 0 spiro atoms. The van der Waals surface area contributed by atoms with Gasteiger partial charge in [0.15, 0.2) is 5.96 Å². The number of amides is 1. The lowest BCUT2D eigenvalue weighted by atomic mass is 9.93. The number of thiophene rings is 1. The molecule has 160 valence electrons. The van der Waals surface area contributed by atoms with E-state index < -0.39 is 0 Å². The van der Waals surface area contributed by atoms with Crippen molar-refractivity contribution in [1.82, 2.24) is 5.32 Å². The number of carbonyl (C=O) groups excluding carboxylic acids is 1. The fourth-order valence-corrected chi connectivity index (χ4v) is 4.11. The van der Waals surface area contributed by atoms with Crippen LogP contribution in [0.25, 0.3) is 22.3 Å². The second kappa shape index (κ2) is 10.0. The predicted octanol–water partition coefficient (Wildman–Crippen LogP) is 6.63. The molecule has 0 aliphatic carbocycles. The van der Waals surface area contributed by atoms with Crippen molar-refractivity contribution < 1.29 is 4.79 Å². The summed E-state index contributed by atoms with van der Waals surface area (Å²) in [5, 5.41) is 5.82. The standard InChI is InChI=1S/C25H19Cl2N3OS/c26-19-8-4-17(5-9-19)21-12-3-16(14-22(21)18-6-10-20(27)11-7-18)15-29-25(28)30-24(31)23-2-1-13-32-23/h1-14H,15H2,(H3,28,29,30,31). The van der Waals surface area contributed by atoms with Crippen LogP contribution in [0, 0.1) is 0 Å². The van der Waals surface area contributed by atoms with E-state index in [9.17, 15) is 4.79 Å². The van der Waals surface area contributed by atoms with Crippen molar-refractivity contribution in [2.24, 2.45) is 10.7 Å². The molecule has 0 atom stereocenters. The van der Waals surface area contributed by atoms with E-state index in [4.69, 9.17) is 28.9 Å². The number of aliphatic imine (C=N–C) groups is 1. The van der Waals surface area contributed by atoms with Gasteiger partial charge in [-0.05, 0) is 69.6 Å². The van der Waals surface area contributed by atoms with Crippen molar-refractivity contribution >= 4 is 46.4 Å². The normalized spacial score (nSPS) is 11.4. The molecule has 7 heteroatoms. The molecule has 4 rings (SSSR count). The number of rotatable bonds is 5. The van der Waals surface area contributed by atoms with E-state index in [0.29, 0.717) is 21.5 Å². The van der Waals surface area contributed by atoms with E-state index in [1.807, 2.05) is 66.0 Å². The van der Waals surface area contributed by atoms with E-state index in [-0.39, 0.29) is 11.9 Å². The largest absolute Gasteiger partial charge is 0.370 e. The maximum absolute atomic E-state index is 12.1. The molecule has 0 aliphatic rings. The second-order valence-electron chi connectivity index (χ2n) is 7.03. The van der Waals surface area contributed by atoms with Crippen molar-refractivity contribution in [3.8, 4) is 22.3 Å². The summed E-state index contributed by atoms with van der Waals surface area (Å²) >= 11 is 13.5. The summed E-state index contributed by atoms with van der Waals surface area (Å²) in [6, 6.07) is 25.1. The summed E-state index contributed by atoms with van der Waals surface area (Å²) in [5.41, 5.74) is 11.1. The summed E-state index contributed by atoms with van der Waals surface area (Å²) in [7, 11) is 0. The van der Waals surface area contributed by atoms with E-state index >= 15 is 0 Å². The van der Waals surface area contributed by atoms with Crippen LogP contribution in [0.2, 0.25) is 10.0 Å². The molecule has 0 saturated carbocycles. The molecule has 4 aromatic rings. The van der Waals surface area contributed by atoms with Gasteiger partial charge in [-0.2, -0.15) is 0 Å². The lowest BCUT2D eigenvalue weighted by Crippen LogP contribution is -2.36. The highest BCUT2D eigenvalue weighted by Gasteiger charge is 2.10. The van der Waals surface area contributed by atoms with Gasteiger partial charge in [-0.3, -0.25) is 10.1 Å². The maximum Gasteiger partial charge on any atom is 0.268 e. The number of halogens is 2. The van der Waals surface area contributed by atoms with Gasteiger partial charge in [0, 0.05) is 10.0 Å². The van der Waals surface area contributed by atoms with Crippen LogP contribution in [0.1, 0.15) is 15.2 Å². The molecule has 32 heavy (non-hydrogen) atoms. The Bertz CT molecular complexity index is 1250. The fraction of sp³-hybridized carbons (Fsp3) is 0.0400. The van der Waals surface area contributed by atoms with Gasteiger partial charge < -0.3 is 5.73 Å². The number of nitrogens with two attached hydrogens (primary N) is 1. The zero-order valence-corrected chi connectivity index (χ0v) is 19.2. The molecule has 3 N–H and O–H groups in total. The van der Waals surface area contributed by atoms with Crippen LogP contribution < -0.4 is 11.1 Å². The monoisotopic (exact) mass is 479 g/mol. The first-order chi connectivity index (χ1) is 15.5. The minimum absolute atomic E-state index is 0.0817. The molecule has 0 bridgehead atoms. The molecule has 0 fully saturated rings. The van der Waals surface area contributed by atoms with E-state index in [1.54, 1.807) is 6.07 Å². The maximum atomic E-state index is 12.1. The molecule has 0 saturated heterocycles. The van der Waals surface area contributed by atoms with Crippen LogP contribution in [0.15, 0.2) is 89.2 Å². The SMILES string of the molecule is NC(=NCc1ccc(-c2ccc(Cl)cc2)c(-c2ccc(Cl)cc2)c1)NC(=O)c1cccs1. The summed E-state index contributed by atoms with van der Waals surface area (Å²) < 4.78 is 0. The molecule has 3 aromatic carbocycles. The Labute approximate surface area is 200 Å². The van der Waals surface area contributed by atoms with Gasteiger partial charge in [0.05, 0.1) is 11.4 Å². The Morgan fingerprint density at radius 2 is 1.50 bits per heavy atom. The first-order valence-corrected chi connectivity index (χ1v) is 11.4. The molecule has 0 radical (unpaired) electrons. The number of nitrogens with one attached hydrogen (secondary N) is 1. The van der Waals surface area contributed by atoms with Gasteiger partial charge in [-0.25, -0.2) is 4.99 Å². The Morgan fingerprint density at radius 1 is 0.875 bits per heavy atom. The lowest BCUT2D eigenvalue weighted by Gasteiger charge is -2.13. The van der Waals surface area contributed by atoms with Crippen LogP contribution in [0.5, 0.6) is 0 Å². The third-order valence-electron chi connectivity index (χ3n) is 4.81. The van der Waals surface area contributed by atoms with E-state index in [1.165, 1.54) is 11.3 Å². The van der Waals surface area contributed by atoms with E-state index in [0.717, 1.165) is 27.8 Å². The third kappa shape index (κ3) is 5.37. The van der Waals surface area contributed by atoms with Gasteiger partial charge in [0.2, 0.25) is 0 Å². The van der Waals surface area contributed by atoms with Crippen LogP contribution in [0.4, 0.5) is 0 Å². The highest BCUT2D eigenvalue weighted by molar-refractivity contribution is 7.12. The number of carbonyl (C=O) groups is 1. The highest BCUT2D eigenvalue weighted by atomic mass is 35.5. The van der Waals surface area contributed by atoms with Gasteiger partial charge in [-0.1, -0.05) is 65.7 Å². The minimum Gasteiger partial charge on any atom is -0.370 e. The Kier molecular flexibility index (Phi) is 6.90. The third-order valence-corrected chi connectivity index (χ3v) is 6.19. The van der Waals surface area contributed by atoms with Gasteiger partial charge >= 0.3 is 0 Å². The zero-order valence-electron chi connectivity index (χ0n) is 16.9. The molecule has 1 aromatic heterocycles. The number of nitrogens with zero attached hydrogens (tertiary/aromatic N) is 1. The minimum atomic E-state index is -0.263. The van der Waals surface area contributed by atoms with Crippen molar-refractivity contribution in [2.75, 3.05) is 0 Å². The van der Waals surface area contributed by atoms with Crippen molar-refractivity contribution in [3.05, 3.63) is 105 Å².